The predicted octanol–water partition coefficient (Wildman–Crippen LogP) is 0.182. The smallest absolute Gasteiger partial charge is 0.0431 e. The van der Waals surface area contributed by atoms with Crippen LogP contribution in [0.1, 0.15) is 25.7 Å². The van der Waals surface area contributed by atoms with Crippen LogP contribution >= 0.6 is 0 Å². The third-order valence-electron chi connectivity index (χ3n) is 2.44. The Kier molecular flexibility index (Phi) is 4.58. The summed E-state index contributed by atoms with van der Waals surface area (Å²) in [5, 5.41) is 8.57. The maximum Gasteiger partial charge on any atom is 0.0431 e. The molecule has 12 heavy (non-hydrogen) atoms. The molecule has 0 aromatic rings. The van der Waals surface area contributed by atoms with Crippen molar-refractivity contribution in [3.63, 3.8) is 0 Å². The van der Waals surface area contributed by atoms with E-state index in [1.807, 2.05) is 0 Å². The monoisotopic (exact) mass is 172 g/mol. The van der Waals surface area contributed by atoms with Crippen LogP contribution in [0, 0.1) is 0 Å². The van der Waals surface area contributed by atoms with Crippen LogP contribution < -0.4 is 5.73 Å². The van der Waals surface area contributed by atoms with Crippen molar-refractivity contribution in [2.75, 3.05) is 26.2 Å². The molecule has 72 valence electrons. The largest absolute Gasteiger partial charge is 0.396 e. The van der Waals surface area contributed by atoms with E-state index in [1.165, 1.54) is 13.0 Å². The molecule has 0 aliphatic carbocycles. The van der Waals surface area contributed by atoms with Crippen LogP contribution in [0.25, 0.3) is 0 Å². The SMILES string of the molecule is NC1CCN(CCCCCO)C1. The number of likely N-dealkylation sites (tertiary alicyclic amines) is 1. The van der Waals surface area contributed by atoms with Gasteiger partial charge in [-0.05, 0) is 38.8 Å². The van der Waals surface area contributed by atoms with Crippen molar-refractivity contribution in [2.45, 2.75) is 31.7 Å². The highest BCUT2D eigenvalue weighted by Crippen LogP contribution is 2.08. The highest BCUT2D eigenvalue weighted by molar-refractivity contribution is 4.77. The molecular formula is C9H20N2O. The second kappa shape index (κ2) is 5.51. The Morgan fingerprint density at radius 1 is 1.33 bits per heavy atom. The molecule has 0 saturated carbocycles. The van der Waals surface area contributed by atoms with Gasteiger partial charge in [0.25, 0.3) is 0 Å². The summed E-state index contributed by atoms with van der Waals surface area (Å²) in [6, 6.07) is 0.405. The Hall–Kier alpha value is -0.120. The number of unbranched alkanes of at least 4 members (excludes halogenated alkanes) is 2. The summed E-state index contributed by atoms with van der Waals surface area (Å²) in [6.45, 7) is 3.73. The first-order valence-electron chi connectivity index (χ1n) is 4.91. The molecule has 0 aromatic heterocycles. The molecule has 1 aliphatic heterocycles. The minimum atomic E-state index is 0.333. The van der Waals surface area contributed by atoms with Gasteiger partial charge in [-0.2, -0.15) is 0 Å². The van der Waals surface area contributed by atoms with E-state index < -0.39 is 0 Å². The Bertz CT molecular complexity index is 119. The fourth-order valence-corrected chi connectivity index (χ4v) is 1.69. The third-order valence-corrected chi connectivity index (χ3v) is 2.44. The van der Waals surface area contributed by atoms with E-state index in [0.717, 1.165) is 32.4 Å². The maximum absolute atomic E-state index is 8.57. The van der Waals surface area contributed by atoms with Crippen molar-refractivity contribution >= 4 is 0 Å². The lowest BCUT2D eigenvalue weighted by Crippen LogP contribution is -2.27. The molecule has 0 bridgehead atoms. The van der Waals surface area contributed by atoms with Crippen molar-refractivity contribution in [1.29, 1.82) is 0 Å². The standard InChI is InChI=1S/C9H20N2O/c10-9-4-6-11(8-9)5-2-1-3-7-12/h9,12H,1-8,10H2. The van der Waals surface area contributed by atoms with Gasteiger partial charge in [0.1, 0.15) is 0 Å². The molecule has 0 radical (unpaired) electrons. The lowest BCUT2D eigenvalue weighted by molar-refractivity contribution is 0.272. The molecule has 0 spiro atoms. The van der Waals surface area contributed by atoms with E-state index in [9.17, 15) is 0 Å². The fourth-order valence-electron chi connectivity index (χ4n) is 1.69. The van der Waals surface area contributed by atoms with Gasteiger partial charge in [0.05, 0.1) is 0 Å². The minimum Gasteiger partial charge on any atom is -0.396 e. The van der Waals surface area contributed by atoms with Crippen LogP contribution in [-0.2, 0) is 0 Å². The minimum absolute atomic E-state index is 0.333. The Morgan fingerprint density at radius 2 is 2.17 bits per heavy atom. The summed E-state index contributed by atoms with van der Waals surface area (Å²) in [5.41, 5.74) is 5.77. The van der Waals surface area contributed by atoms with Crippen LogP contribution in [0.5, 0.6) is 0 Å². The van der Waals surface area contributed by atoms with E-state index in [2.05, 4.69) is 4.90 Å². The van der Waals surface area contributed by atoms with E-state index in [0.29, 0.717) is 12.6 Å². The van der Waals surface area contributed by atoms with Gasteiger partial charge in [-0.1, -0.05) is 0 Å². The van der Waals surface area contributed by atoms with Gasteiger partial charge in [-0.3, -0.25) is 0 Å². The maximum atomic E-state index is 8.57. The number of hydrogen-bond donors (Lipinski definition) is 2. The van der Waals surface area contributed by atoms with Crippen LogP contribution in [-0.4, -0.2) is 42.3 Å². The van der Waals surface area contributed by atoms with E-state index in [-0.39, 0.29) is 0 Å². The second-order valence-electron chi connectivity index (χ2n) is 3.63. The van der Waals surface area contributed by atoms with Gasteiger partial charge in [0, 0.05) is 19.2 Å². The molecule has 3 N–H and O–H groups in total. The average molecular weight is 172 g/mol. The topological polar surface area (TPSA) is 49.5 Å². The quantitative estimate of drug-likeness (QED) is 0.582. The number of hydrogen-bond acceptors (Lipinski definition) is 3. The first kappa shape index (κ1) is 9.96. The zero-order valence-electron chi connectivity index (χ0n) is 7.71. The summed E-state index contributed by atoms with van der Waals surface area (Å²) in [7, 11) is 0. The third kappa shape index (κ3) is 3.52. The number of nitrogens with zero attached hydrogens (tertiary/aromatic N) is 1. The van der Waals surface area contributed by atoms with Gasteiger partial charge in [-0.25, -0.2) is 0 Å². The fraction of sp³-hybridized carbons (Fsp3) is 1.00. The molecule has 0 aromatic carbocycles. The Balaban J connectivity index is 1.93. The molecule has 1 aliphatic rings. The molecule has 0 amide bonds. The molecule has 3 nitrogen and oxygen atoms in total. The number of aliphatic hydroxyl groups excluding tert-OH is 1. The van der Waals surface area contributed by atoms with Crippen LogP contribution in [0.4, 0.5) is 0 Å². The van der Waals surface area contributed by atoms with Gasteiger partial charge in [0.2, 0.25) is 0 Å². The lowest BCUT2D eigenvalue weighted by atomic mass is 10.2. The molecular weight excluding hydrogens is 152 g/mol. The highest BCUT2D eigenvalue weighted by atomic mass is 16.2. The second-order valence-corrected chi connectivity index (χ2v) is 3.63. The van der Waals surface area contributed by atoms with Gasteiger partial charge in [-0.15, -0.1) is 0 Å². The highest BCUT2D eigenvalue weighted by Gasteiger charge is 2.17. The number of rotatable bonds is 5. The molecule has 1 fully saturated rings. The predicted molar refractivity (Wildman–Crippen MR) is 50.0 cm³/mol. The summed E-state index contributed by atoms with van der Waals surface area (Å²) < 4.78 is 0. The van der Waals surface area contributed by atoms with Crippen molar-refractivity contribution in [3.05, 3.63) is 0 Å². The van der Waals surface area contributed by atoms with Crippen LogP contribution in [0.2, 0.25) is 0 Å². The van der Waals surface area contributed by atoms with Crippen LogP contribution in [0.3, 0.4) is 0 Å². The summed E-state index contributed by atoms with van der Waals surface area (Å²) in [5.74, 6) is 0. The zero-order chi connectivity index (χ0) is 8.81. The summed E-state index contributed by atoms with van der Waals surface area (Å²) >= 11 is 0. The number of aliphatic hydroxyl groups is 1. The van der Waals surface area contributed by atoms with Crippen molar-refractivity contribution in [1.82, 2.24) is 4.90 Å². The Labute approximate surface area is 74.5 Å². The first-order valence-corrected chi connectivity index (χ1v) is 4.91. The molecule has 1 unspecified atom stereocenters. The number of nitrogens with two attached hydrogens (primary N) is 1. The van der Waals surface area contributed by atoms with Crippen molar-refractivity contribution in [2.24, 2.45) is 5.73 Å². The van der Waals surface area contributed by atoms with Crippen molar-refractivity contribution < 1.29 is 5.11 Å². The van der Waals surface area contributed by atoms with Gasteiger partial charge >= 0.3 is 0 Å². The van der Waals surface area contributed by atoms with E-state index in [4.69, 9.17) is 10.8 Å². The van der Waals surface area contributed by atoms with E-state index >= 15 is 0 Å². The Morgan fingerprint density at radius 3 is 2.75 bits per heavy atom. The lowest BCUT2D eigenvalue weighted by Gasteiger charge is -2.14. The molecule has 1 saturated heterocycles. The molecule has 1 heterocycles. The molecule has 1 atom stereocenters. The molecule has 1 rings (SSSR count). The average Bonchev–Trinajstić information content (AvgIpc) is 2.45. The summed E-state index contributed by atoms with van der Waals surface area (Å²) in [4.78, 5) is 2.42. The van der Waals surface area contributed by atoms with Gasteiger partial charge in [0.15, 0.2) is 0 Å². The molecule has 3 heteroatoms. The normalized spacial score (nSPS) is 25.0. The van der Waals surface area contributed by atoms with Crippen LogP contribution in [0.15, 0.2) is 0 Å². The van der Waals surface area contributed by atoms with Crippen molar-refractivity contribution in [3.8, 4) is 0 Å². The van der Waals surface area contributed by atoms with E-state index in [1.54, 1.807) is 0 Å². The van der Waals surface area contributed by atoms with Gasteiger partial charge < -0.3 is 15.7 Å². The summed E-state index contributed by atoms with van der Waals surface area (Å²) in [6.07, 6.45) is 4.44. The first-order chi connectivity index (χ1) is 5.83. The zero-order valence-corrected chi connectivity index (χ0v) is 7.71.